The van der Waals surface area contributed by atoms with Crippen LogP contribution < -0.4 is 5.32 Å². The molecule has 148 valence electrons. The van der Waals surface area contributed by atoms with Crippen LogP contribution in [0, 0.1) is 5.92 Å². The van der Waals surface area contributed by atoms with E-state index in [1.807, 2.05) is 0 Å². The maximum atomic E-state index is 12.1. The maximum Gasteiger partial charge on any atom is 0.297 e. The number of amides is 2. The van der Waals surface area contributed by atoms with Crippen molar-refractivity contribution in [3.8, 4) is 0 Å². The molecule has 0 saturated carbocycles. The smallest absolute Gasteiger partial charge is 0.297 e. The number of carbonyl (C=O) groups excluding carboxylic acids is 2. The molecule has 2 amide bonds. The minimum atomic E-state index is -0.588. The van der Waals surface area contributed by atoms with E-state index in [0.29, 0.717) is 12.1 Å². The van der Waals surface area contributed by atoms with Crippen LogP contribution in [0.5, 0.6) is 0 Å². The Bertz CT molecular complexity index is 644. The molecule has 1 unspecified atom stereocenters. The highest BCUT2D eigenvalue weighted by Gasteiger charge is 2.30. The SMILES string of the molecule is CCCCCCCCCCCCC(=O)NC1=C(O)C2C=CC=CC2=NC1=O. The number of fused-ring (bicyclic) bond motifs is 1. The molecule has 0 aromatic carbocycles. The molecule has 2 rings (SSSR count). The number of nitrogens with one attached hydrogen (secondary N) is 1. The van der Waals surface area contributed by atoms with Gasteiger partial charge in [-0.25, -0.2) is 4.99 Å². The van der Waals surface area contributed by atoms with Gasteiger partial charge in [0, 0.05) is 6.42 Å². The summed E-state index contributed by atoms with van der Waals surface area (Å²) in [6.07, 6.45) is 19.4. The first-order chi connectivity index (χ1) is 13.1. The third kappa shape index (κ3) is 6.81. The zero-order valence-corrected chi connectivity index (χ0v) is 16.4. The van der Waals surface area contributed by atoms with Gasteiger partial charge in [-0.2, -0.15) is 0 Å². The number of nitrogens with zero attached hydrogens (tertiary/aromatic N) is 1. The molecule has 1 aliphatic carbocycles. The van der Waals surface area contributed by atoms with Gasteiger partial charge in [-0.1, -0.05) is 82.9 Å². The fourth-order valence-electron chi connectivity index (χ4n) is 3.40. The van der Waals surface area contributed by atoms with Crippen molar-refractivity contribution >= 4 is 17.5 Å². The van der Waals surface area contributed by atoms with Crippen LogP contribution in [0.3, 0.4) is 0 Å². The fraction of sp³-hybridized carbons (Fsp3) is 0.591. The summed E-state index contributed by atoms with van der Waals surface area (Å²) >= 11 is 0. The molecule has 0 bridgehead atoms. The van der Waals surface area contributed by atoms with Crippen LogP contribution >= 0.6 is 0 Å². The summed E-state index contributed by atoms with van der Waals surface area (Å²) in [5, 5.41) is 12.9. The van der Waals surface area contributed by atoms with Gasteiger partial charge in [0.15, 0.2) is 0 Å². The number of dihydropyridines is 1. The highest BCUT2D eigenvalue weighted by Crippen LogP contribution is 2.24. The average molecular weight is 373 g/mol. The first-order valence-corrected chi connectivity index (χ1v) is 10.3. The van der Waals surface area contributed by atoms with Gasteiger partial charge in [0.1, 0.15) is 11.5 Å². The van der Waals surface area contributed by atoms with Crippen LogP contribution in [0.1, 0.15) is 77.6 Å². The van der Waals surface area contributed by atoms with E-state index in [-0.39, 0.29) is 17.4 Å². The van der Waals surface area contributed by atoms with E-state index in [9.17, 15) is 14.7 Å². The maximum absolute atomic E-state index is 12.1. The van der Waals surface area contributed by atoms with Crippen LogP contribution in [0.4, 0.5) is 0 Å². The minimum absolute atomic E-state index is 0.0826. The molecule has 0 spiro atoms. The lowest BCUT2D eigenvalue weighted by Gasteiger charge is -2.22. The predicted octanol–water partition coefficient (Wildman–Crippen LogP) is 4.91. The Labute approximate surface area is 162 Å². The summed E-state index contributed by atoms with van der Waals surface area (Å²) in [5.41, 5.74) is 0.425. The third-order valence-corrected chi connectivity index (χ3v) is 5.02. The zero-order valence-electron chi connectivity index (χ0n) is 16.4. The molecule has 2 N–H and O–H groups in total. The summed E-state index contributed by atoms with van der Waals surface area (Å²) in [7, 11) is 0. The van der Waals surface area contributed by atoms with Crippen molar-refractivity contribution in [3.63, 3.8) is 0 Å². The van der Waals surface area contributed by atoms with E-state index < -0.39 is 11.8 Å². The lowest BCUT2D eigenvalue weighted by molar-refractivity contribution is -0.123. The van der Waals surface area contributed by atoms with Crippen molar-refractivity contribution in [2.75, 3.05) is 0 Å². The van der Waals surface area contributed by atoms with Crippen LogP contribution in [-0.2, 0) is 9.59 Å². The molecule has 27 heavy (non-hydrogen) atoms. The summed E-state index contributed by atoms with van der Waals surface area (Å²) in [5.74, 6) is -1.39. The number of hydrogen-bond acceptors (Lipinski definition) is 3. The van der Waals surface area contributed by atoms with Gasteiger partial charge in [-0.3, -0.25) is 9.59 Å². The third-order valence-electron chi connectivity index (χ3n) is 5.02. The van der Waals surface area contributed by atoms with Gasteiger partial charge >= 0.3 is 0 Å². The second-order valence-corrected chi connectivity index (χ2v) is 7.30. The van der Waals surface area contributed by atoms with E-state index in [1.165, 1.54) is 44.9 Å². The molecule has 1 heterocycles. The highest BCUT2D eigenvalue weighted by molar-refractivity contribution is 6.14. The van der Waals surface area contributed by atoms with Crippen molar-refractivity contribution in [1.82, 2.24) is 5.32 Å². The van der Waals surface area contributed by atoms with Crippen molar-refractivity contribution in [2.45, 2.75) is 77.6 Å². The number of aliphatic hydroxyl groups is 1. The molecule has 2 aliphatic rings. The number of carbonyl (C=O) groups is 2. The first kappa shape index (κ1) is 21.1. The summed E-state index contributed by atoms with van der Waals surface area (Å²) in [6.45, 7) is 2.23. The van der Waals surface area contributed by atoms with Crippen LogP contribution in [-0.4, -0.2) is 22.6 Å². The van der Waals surface area contributed by atoms with Gasteiger partial charge in [0.05, 0.1) is 11.6 Å². The van der Waals surface area contributed by atoms with Gasteiger partial charge in [-0.15, -0.1) is 0 Å². The molecule has 0 aromatic rings. The summed E-state index contributed by atoms with van der Waals surface area (Å²) in [4.78, 5) is 28.1. The average Bonchev–Trinajstić information content (AvgIpc) is 2.66. The van der Waals surface area contributed by atoms with Crippen molar-refractivity contribution in [2.24, 2.45) is 10.9 Å². The molecule has 5 heteroatoms. The lowest BCUT2D eigenvalue weighted by Crippen LogP contribution is -2.34. The first-order valence-electron chi connectivity index (χ1n) is 10.3. The number of allylic oxidation sites excluding steroid dienone is 4. The van der Waals surface area contributed by atoms with Crippen LogP contribution in [0.2, 0.25) is 0 Å². The van der Waals surface area contributed by atoms with E-state index in [1.54, 1.807) is 24.3 Å². The van der Waals surface area contributed by atoms with Gasteiger partial charge in [-0.05, 0) is 12.5 Å². The van der Waals surface area contributed by atoms with Crippen LogP contribution in [0.25, 0.3) is 0 Å². The lowest BCUT2D eigenvalue weighted by atomic mass is 9.92. The molecule has 5 nitrogen and oxygen atoms in total. The Balaban J connectivity index is 1.62. The Morgan fingerprint density at radius 3 is 2.33 bits per heavy atom. The molecule has 1 atom stereocenters. The Morgan fingerprint density at radius 2 is 1.67 bits per heavy atom. The van der Waals surface area contributed by atoms with Gasteiger partial charge in [0.2, 0.25) is 5.91 Å². The van der Waals surface area contributed by atoms with Crippen molar-refractivity contribution in [3.05, 3.63) is 35.8 Å². The van der Waals surface area contributed by atoms with E-state index in [4.69, 9.17) is 0 Å². The van der Waals surface area contributed by atoms with Gasteiger partial charge in [0.25, 0.3) is 5.91 Å². The molecule has 1 aliphatic heterocycles. The minimum Gasteiger partial charge on any atom is -0.509 e. The Morgan fingerprint density at radius 1 is 1.04 bits per heavy atom. The summed E-state index contributed by atoms with van der Waals surface area (Å²) < 4.78 is 0. The predicted molar refractivity (Wildman–Crippen MR) is 108 cm³/mol. The monoisotopic (exact) mass is 372 g/mol. The number of hydrogen-bond donors (Lipinski definition) is 2. The van der Waals surface area contributed by atoms with Crippen molar-refractivity contribution in [1.29, 1.82) is 0 Å². The van der Waals surface area contributed by atoms with E-state index in [2.05, 4.69) is 17.2 Å². The van der Waals surface area contributed by atoms with Crippen molar-refractivity contribution < 1.29 is 14.7 Å². The largest absolute Gasteiger partial charge is 0.509 e. The number of aliphatic imine (C=N–C) groups is 1. The molecular formula is C22H32N2O3. The zero-order chi connectivity index (χ0) is 19.5. The standard InChI is InChI=1S/C22H32N2O3/c1-2-3-4-5-6-7-8-9-10-11-16-19(25)24-20-21(26)17-14-12-13-15-18(17)23-22(20)27/h12-15,17,26H,2-11,16H2,1H3,(H,24,25). The fourth-order valence-corrected chi connectivity index (χ4v) is 3.40. The highest BCUT2D eigenvalue weighted by atomic mass is 16.3. The Kier molecular flexibility index (Phi) is 9.02. The number of aliphatic hydroxyl groups excluding tert-OH is 1. The van der Waals surface area contributed by atoms with E-state index in [0.717, 1.165) is 19.3 Å². The molecule has 0 radical (unpaired) electrons. The molecule has 0 saturated heterocycles. The molecule has 0 aromatic heterocycles. The quantitative estimate of drug-likeness (QED) is 0.478. The van der Waals surface area contributed by atoms with Crippen LogP contribution in [0.15, 0.2) is 40.8 Å². The summed E-state index contributed by atoms with van der Waals surface area (Å²) in [6, 6.07) is 0. The molecular weight excluding hydrogens is 340 g/mol. The normalized spacial score (nSPS) is 18.5. The Hall–Kier alpha value is -2.17. The molecule has 0 fully saturated rings. The second kappa shape index (κ2) is 11.5. The topological polar surface area (TPSA) is 78.8 Å². The number of unbranched alkanes of at least 4 members (excludes halogenated alkanes) is 9. The number of rotatable bonds is 12. The second-order valence-electron chi connectivity index (χ2n) is 7.30. The van der Waals surface area contributed by atoms with Gasteiger partial charge < -0.3 is 10.4 Å². The van der Waals surface area contributed by atoms with E-state index >= 15 is 0 Å².